The van der Waals surface area contributed by atoms with Gasteiger partial charge in [-0.2, -0.15) is 0 Å². The van der Waals surface area contributed by atoms with Crippen LogP contribution in [0.4, 0.5) is 0 Å². The maximum Gasteiger partial charge on any atom is 0.119 e. The molecule has 0 radical (unpaired) electrons. The van der Waals surface area contributed by atoms with Crippen molar-refractivity contribution in [2.45, 2.75) is 31.7 Å². The highest BCUT2D eigenvalue weighted by Crippen LogP contribution is 2.32. The van der Waals surface area contributed by atoms with Gasteiger partial charge in [0.15, 0.2) is 0 Å². The zero-order chi connectivity index (χ0) is 13.8. The van der Waals surface area contributed by atoms with Gasteiger partial charge in [0.25, 0.3) is 0 Å². The van der Waals surface area contributed by atoms with Crippen LogP contribution in [0.2, 0.25) is 0 Å². The Morgan fingerprint density at radius 1 is 1.35 bits per heavy atom. The molecule has 106 valence electrons. The fourth-order valence-electron chi connectivity index (χ4n) is 2.89. The quantitative estimate of drug-likeness (QED) is 0.898. The van der Waals surface area contributed by atoms with E-state index in [-0.39, 0.29) is 0 Å². The highest BCUT2D eigenvalue weighted by atomic mass is 32.1. The van der Waals surface area contributed by atoms with E-state index in [1.807, 2.05) is 7.05 Å². The first-order valence-electron chi connectivity index (χ1n) is 7.32. The Kier molecular flexibility index (Phi) is 4.38. The summed E-state index contributed by atoms with van der Waals surface area (Å²) in [5, 5.41) is 5.53. The monoisotopic (exact) mass is 287 g/mol. The summed E-state index contributed by atoms with van der Waals surface area (Å²) in [7, 11) is 2.05. The Hall–Kier alpha value is -1.32. The molecule has 1 atom stereocenters. The highest BCUT2D eigenvalue weighted by molar-refractivity contribution is 7.09. The fourth-order valence-corrected chi connectivity index (χ4v) is 3.58. The van der Waals surface area contributed by atoms with Crippen LogP contribution in [0.1, 0.15) is 34.9 Å². The topological polar surface area (TPSA) is 21.3 Å². The lowest BCUT2D eigenvalue weighted by Gasteiger charge is -2.25. The first kappa shape index (κ1) is 13.7. The molecule has 1 N–H and O–H groups in total. The summed E-state index contributed by atoms with van der Waals surface area (Å²) in [6.07, 6.45) is 4.69. The fraction of sp³-hybridized carbons (Fsp3) is 0.412. The molecule has 1 heterocycles. The molecule has 2 aromatic rings. The summed E-state index contributed by atoms with van der Waals surface area (Å²) in [4.78, 5) is 1.39. The standard InChI is InChI=1S/C17H21NOS/c1-18-17-6-2-4-13-7-8-14(12-16(13)17)19-10-9-15-5-3-11-20-15/h3,5,7-8,11-12,17-18H,2,4,6,9-10H2,1H3. The zero-order valence-electron chi connectivity index (χ0n) is 11.9. The number of aryl methyl sites for hydroxylation is 1. The molecular formula is C17H21NOS. The van der Waals surface area contributed by atoms with Gasteiger partial charge in [-0.1, -0.05) is 12.1 Å². The molecule has 1 unspecified atom stereocenters. The van der Waals surface area contributed by atoms with Gasteiger partial charge in [-0.15, -0.1) is 11.3 Å². The van der Waals surface area contributed by atoms with E-state index in [1.165, 1.54) is 35.3 Å². The first-order valence-corrected chi connectivity index (χ1v) is 8.20. The average molecular weight is 287 g/mol. The summed E-state index contributed by atoms with van der Waals surface area (Å²) in [5.41, 5.74) is 2.90. The van der Waals surface area contributed by atoms with Gasteiger partial charge in [-0.05, 0) is 61.0 Å². The van der Waals surface area contributed by atoms with Gasteiger partial charge in [-0.25, -0.2) is 0 Å². The summed E-state index contributed by atoms with van der Waals surface area (Å²) >= 11 is 1.79. The van der Waals surface area contributed by atoms with E-state index in [2.05, 4.69) is 41.0 Å². The number of nitrogens with one attached hydrogen (secondary N) is 1. The second kappa shape index (κ2) is 6.42. The van der Waals surface area contributed by atoms with Crippen LogP contribution in [0, 0.1) is 0 Å². The molecule has 20 heavy (non-hydrogen) atoms. The molecule has 0 spiro atoms. The van der Waals surface area contributed by atoms with Crippen LogP contribution < -0.4 is 10.1 Å². The Morgan fingerprint density at radius 3 is 3.10 bits per heavy atom. The van der Waals surface area contributed by atoms with Crippen molar-refractivity contribution in [2.75, 3.05) is 13.7 Å². The predicted octanol–water partition coefficient (Wildman–Crippen LogP) is 3.97. The third kappa shape index (κ3) is 3.05. The Bertz CT molecular complexity index is 550. The average Bonchev–Trinajstić information content (AvgIpc) is 3.00. The zero-order valence-corrected chi connectivity index (χ0v) is 12.7. The minimum Gasteiger partial charge on any atom is -0.493 e. The molecule has 0 fully saturated rings. The van der Waals surface area contributed by atoms with Gasteiger partial charge in [0.2, 0.25) is 0 Å². The molecule has 1 aromatic carbocycles. The van der Waals surface area contributed by atoms with Gasteiger partial charge < -0.3 is 10.1 Å². The molecule has 1 aliphatic rings. The van der Waals surface area contributed by atoms with Crippen molar-refractivity contribution in [1.29, 1.82) is 0 Å². The van der Waals surface area contributed by atoms with Crippen molar-refractivity contribution in [3.05, 3.63) is 51.7 Å². The number of thiophene rings is 1. The van der Waals surface area contributed by atoms with E-state index in [4.69, 9.17) is 4.74 Å². The highest BCUT2D eigenvalue weighted by Gasteiger charge is 2.19. The Labute approximate surface area is 124 Å². The van der Waals surface area contributed by atoms with E-state index in [0.29, 0.717) is 6.04 Å². The lowest BCUT2D eigenvalue weighted by Crippen LogP contribution is -2.21. The van der Waals surface area contributed by atoms with Crippen LogP contribution in [0.15, 0.2) is 35.7 Å². The molecule has 0 bridgehead atoms. The van der Waals surface area contributed by atoms with Crippen LogP contribution in [0.5, 0.6) is 5.75 Å². The minimum absolute atomic E-state index is 0.486. The van der Waals surface area contributed by atoms with Crippen LogP contribution >= 0.6 is 11.3 Å². The Morgan fingerprint density at radius 2 is 2.30 bits per heavy atom. The van der Waals surface area contributed by atoms with Crippen LogP contribution in [0.3, 0.4) is 0 Å². The molecule has 1 aromatic heterocycles. The van der Waals surface area contributed by atoms with E-state index < -0.39 is 0 Å². The molecule has 0 saturated heterocycles. The molecule has 2 nitrogen and oxygen atoms in total. The normalized spacial score (nSPS) is 17.8. The second-order valence-corrected chi connectivity index (χ2v) is 6.30. The van der Waals surface area contributed by atoms with Gasteiger partial charge in [0.05, 0.1) is 6.61 Å². The molecule has 3 rings (SSSR count). The van der Waals surface area contributed by atoms with Crippen molar-refractivity contribution in [3.63, 3.8) is 0 Å². The summed E-state index contributed by atoms with van der Waals surface area (Å²) < 4.78 is 5.92. The van der Waals surface area contributed by atoms with E-state index in [9.17, 15) is 0 Å². The molecule has 0 aliphatic heterocycles. The number of fused-ring (bicyclic) bond motifs is 1. The van der Waals surface area contributed by atoms with Crippen LogP contribution in [-0.4, -0.2) is 13.7 Å². The lowest BCUT2D eigenvalue weighted by atomic mass is 9.87. The smallest absolute Gasteiger partial charge is 0.119 e. The van der Waals surface area contributed by atoms with Crippen LogP contribution in [-0.2, 0) is 12.8 Å². The predicted molar refractivity (Wildman–Crippen MR) is 84.7 cm³/mol. The van der Waals surface area contributed by atoms with Crippen molar-refractivity contribution in [1.82, 2.24) is 5.32 Å². The van der Waals surface area contributed by atoms with Crippen molar-refractivity contribution in [2.24, 2.45) is 0 Å². The number of benzene rings is 1. The van der Waals surface area contributed by atoms with E-state index >= 15 is 0 Å². The second-order valence-electron chi connectivity index (χ2n) is 5.27. The summed E-state index contributed by atoms with van der Waals surface area (Å²) in [6.45, 7) is 0.753. The number of rotatable bonds is 5. The van der Waals surface area contributed by atoms with Crippen molar-refractivity contribution >= 4 is 11.3 Å². The SMILES string of the molecule is CNC1CCCc2ccc(OCCc3cccs3)cc21. The first-order chi connectivity index (χ1) is 9.86. The number of ether oxygens (including phenoxy) is 1. The van der Waals surface area contributed by atoms with Gasteiger partial charge in [0, 0.05) is 17.3 Å². The number of hydrogen-bond acceptors (Lipinski definition) is 3. The largest absolute Gasteiger partial charge is 0.493 e. The van der Waals surface area contributed by atoms with Crippen LogP contribution in [0.25, 0.3) is 0 Å². The van der Waals surface area contributed by atoms with E-state index in [0.717, 1.165) is 18.8 Å². The third-order valence-corrected chi connectivity index (χ3v) is 4.91. The van der Waals surface area contributed by atoms with Gasteiger partial charge >= 0.3 is 0 Å². The molecular weight excluding hydrogens is 266 g/mol. The van der Waals surface area contributed by atoms with Gasteiger partial charge in [-0.3, -0.25) is 0 Å². The van der Waals surface area contributed by atoms with Crippen molar-refractivity contribution in [3.8, 4) is 5.75 Å². The molecule has 0 amide bonds. The summed E-state index contributed by atoms with van der Waals surface area (Å²) in [5.74, 6) is 1.00. The third-order valence-electron chi connectivity index (χ3n) is 3.98. The summed E-state index contributed by atoms with van der Waals surface area (Å²) in [6, 6.07) is 11.3. The lowest BCUT2D eigenvalue weighted by molar-refractivity contribution is 0.321. The maximum absolute atomic E-state index is 5.92. The van der Waals surface area contributed by atoms with Gasteiger partial charge in [0.1, 0.15) is 5.75 Å². The maximum atomic E-state index is 5.92. The van der Waals surface area contributed by atoms with Crippen molar-refractivity contribution < 1.29 is 4.74 Å². The molecule has 1 aliphatic carbocycles. The minimum atomic E-state index is 0.486. The molecule has 0 saturated carbocycles. The van der Waals surface area contributed by atoms with E-state index in [1.54, 1.807) is 11.3 Å². The number of hydrogen-bond donors (Lipinski definition) is 1. The molecule has 3 heteroatoms. The Balaban J connectivity index is 1.65.